The number of aryl methyl sites for hydroxylation is 1. The second kappa shape index (κ2) is 6.58. The lowest BCUT2D eigenvalue weighted by Crippen LogP contribution is -1.98. The quantitative estimate of drug-likeness (QED) is 0.582. The van der Waals surface area contributed by atoms with Crippen molar-refractivity contribution in [1.82, 2.24) is 0 Å². The van der Waals surface area contributed by atoms with Gasteiger partial charge in [0, 0.05) is 29.6 Å². The SMILES string of the molecule is Cc1ccc(C(=O)/C=C/Nc2ccc(C(=O)O)c(O)c2)cc1. The summed E-state index contributed by atoms with van der Waals surface area (Å²) in [6.45, 7) is 1.94. The van der Waals surface area contributed by atoms with Gasteiger partial charge in [0.2, 0.25) is 0 Å². The van der Waals surface area contributed by atoms with Crippen LogP contribution in [-0.4, -0.2) is 22.0 Å². The van der Waals surface area contributed by atoms with Gasteiger partial charge in [0.25, 0.3) is 0 Å². The highest BCUT2D eigenvalue weighted by Gasteiger charge is 2.09. The summed E-state index contributed by atoms with van der Waals surface area (Å²) >= 11 is 0. The van der Waals surface area contributed by atoms with E-state index in [4.69, 9.17) is 5.11 Å². The predicted octanol–water partition coefficient (Wildman–Crippen LogP) is 3.21. The first-order chi connectivity index (χ1) is 10.5. The fourth-order valence-corrected chi connectivity index (χ4v) is 1.83. The number of nitrogens with one attached hydrogen (secondary N) is 1. The largest absolute Gasteiger partial charge is 0.507 e. The molecule has 0 spiro atoms. The topological polar surface area (TPSA) is 86.6 Å². The van der Waals surface area contributed by atoms with E-state index in [9.17, 15) is 14.7 Å². The molecule has 0 unspecified atom stereocenters. The Hall–Kier alpha value is -3.08. The zero-order chi connectivity index (χ0) is 16.1. The van der Waals surface area contributed by atoms with Crippen molar-refractivity contribution in [3.8, 4) is 5.75 Å². The number of phenols is 1. The van der Waals surface area contributed by atoms with Crippen LogP contribution in [0, 0.1) is 6.92 Å². The van der Waals surface area contributed by atoms with Gasteiger partial charge in [0.15, 0.2) is 5.78 Å². The van der Waals surface area contributed by atoms with Gasteiger partial charge in [0.1, 0.15) is 11.3 Å². The molecule has 0 saturated heterocycles. The number of hydrogen-bond acceptors (Lipinski definition) is 4. The molecule has 5 nitrogen and oxygen atoms in total. The first-order valence-electron chi connectivity index (χ1n) is 6.58. The number of hydrogen-bond donors (Lipinski definition) is 3. The van der Waals surface area contributed by atoms with Crippen molar-refractivity contribution in [2.24, 2.45) is 0 Å². The Kier molecular flexibility index (Phi) is 4.58. The first-order valence-corrected chi connectivity index (χ1v) is 6.58. The van der Waals surface area contributed by atoms with Crippen LogP contribution in [0.5, 0.6) is 5.75 Å². The molecule has 22 heavy (non-hydrogen) atoms. The Labute approximate surface area is 127 Å². The second-order valence-corrected chi connectivity index (χ2v) is 4.75. The average Bonchev–Trinajstić information content (AvgIpc) is 2.47. The molecule has 0 bridgehead atoms. The Morgan fingerprint density at radius 1 is 1.09 bits per heavy atom. The van der Waals surface area contributed by atoms with E-state index in [1.54, 1.807) is 12.1 Å². The molecule has 5 heteroatoms. The van der Waals surface area contributed by atoms with Gasteiger partial charge in [-0.3, -0.25) is 4.79 Å². The van der Waals surface area contributed by atoms with Gasteiger partial charge >= 0.3 is 5.97 Å². The summed E-state index contributed by atoms with van der Waals surface area (Å²) in [4.78, 5) is 22.7. The van der Waals surface area contributed by atoms with Crippen LogP contribution in [0.1, 0.15) is 26.3 Å². The lowest BCUT2D eigenvalue weighted by Gasteiger charge is -2.04. The van der Waals surface area contributed by atoms with Crippen LogP contribution >= 0.6 is 0 Å². The Balaban J connectivity index is 2.03. The number of carbonyl (C=O) groups excluding carboxylic acids is 1. The minimum absolute atomic E-state index is 0.154. The Bertz CT molecular complexity index is 733. The first kappa shape index (κ1) is 15.3. The summed E-state index contributed by atoms with van der Waals surface area (Å²) < 4.78 is 0. The van der Waals surface area contributed by atoms with E-state index in [2.05, 4.69) is 5.32 Å². The van der Waals surface area contributed by atoms with Gasteiger partial charge in [-0.25, -0.2) is 4.79 Å². The molecule has 0 aliphatic carbocycles. The average molecular weight is 297 g/mol. The molecule has 2 aromatic rings. The molecule has 112 valence electrons. The van der Waals surface area contributed by atoms with E-state index in [1.165, 1.54) is 30.5 Å². The molecule has 0 fully saturated rings. The van der Waals surface area contributed by atoms with Gasteiger partial charge < -0.3 is 15.5 Å². The van der Waals surface area contributed by atoms with Crippen LogP contribution in [0.3, 0.4) is 0 Å². The van der Waals surface area contributed by atoms with Crippen molar-refractivity contribution >= 4 is 17.4 Å². The fraction of sp³-hybridized carbons (Fsp3) is 0.0588. The van der Waals surface area contributed by atoms with Crippen LogP contribution < -0.4 is 5.32 Å². The molecule has 0 atom stereocenters. The maximum Gasteiger partial charge on any atom is 0.339 e. The normalized spacial score (nSPS) is 10.6. The van der Waals surface area contributed by atoms with Crippen LogP contribution in [0.25, 0.3) is 0 Å². The van der Waals surface area contributed by atoms with Crippen molar-refractivity contribution in [3.63, 3.8) is 0 Å². The zero-order valence-electron chi connectivity index (χ0n) is 11.9. The Morgan fingerprint density at radius 2 is 1.77 bits per heavy atom. The molecular formula is C17H15NO4. The monoisotopic (exact) mass is 297 g/mol. The van der Waals surface area contributed by atoms with Crippen molar-refractivity contribution in [3.05, 3.63) is 71.4 Å². The summed E-state index contributed by atoms with van der Waals surface area (Å²) in [6.07, 6.45) is 2.81. The highest BCUT2D eigenvalue weighted by Crippen LogP contribution is 2.21. The van der Waals surface area contributed by atoms with Gasteiger partial charge in [0.05, 0.1) is 0 Å². The third-order valence-electron chi connectivity index (χ3n) is 3.05. The molecule has 3 N–H and O–H groups in total. The fourth-order valence-electron chi connectivity index (χ4n) is 1.83. The van der Waals surface area contributed by atoms with Crippen molar-refractivity contribution in [1.29, 1.82) is 0 Å². The van der Waals surface area contributed by atoms with E-state index in [0.29, 0.717) is 11.3 Å². The van der Waals surface area contributed by atoms with Gasteiger partial charge in [-0.15, -0.1) is 0 Å². The maximum absolute atomic E-state index is 11.9. The van der Waals surface area contributed by atoms with Gasteiger partial charge in [-0.05, 0) is 19.1 Å². The number of carbonyl (C=O) groups is 2. The molecule has 0 saturated carbocycles. The third-order valence-corrected chi connectivity index (χ3v) is 3.05. The van der Waals surface area contributed by atoms with Crippen molar-refractivity contribution in [2.45, 2.75) is 6.92 Å². The molecule has 0 amide bonds. The predicted molar refractivity (Wildman–Crippen MR) is 83.3 cm³/mol. The minimum Gasteiger partial charge on any atom is -0.507 e. The number of anilines is 1. The van der Waals surface area contributed by atoms with Crippen LogP contribution in [0.15, 0.2) is 54.7 Å². The molecule has 0 aliphatic heterocycles. The van der Waals surface area contributed by atoms with E-state index >= 15 is 0 Å². The maximum atomic E-state index is 11.9. The summed E-state index contributed by atoms with van der Waals surface area (Å²) in [7, 11) is 0. The lowest BCUT2D eigenvalue weighted by molar-refractivity contribution is 0.0693. The highest BCUT2D eigenvalue weighted by atomic mass is 16.4. The lowest BCUT2D eigenvalue weighted by atomic mass is 10.1. The second-order valence-electron chi connectivity index (χ2n) is 4.75. The summed E-state index contributed by atoms with van der Waals surface area (Å²) in [5.41, 5.74) is 1.96. The zero-order valence-corrected chi connectivity index (χ0v) is 11.9. The van der Waals surface area contributed by atoms with E-state index < -0.39 is 5.97 Å². The van der Waals surface area contributed by atoms with Crippen LogP contribution in [0.2, 0.25) is 0 Å². The van der Waals surface area contributed by atoms with Crippen molar-refractivity contribution < 1.29 is 19.8 Å². The minimum atomic E-state index is -1.20. The smallest absolute Gasteiger partial charge is 0.339 e. The number of rotatable bonds is 5. The van der Waals surface area contributed by atoms with Crippen molar-refractivity contribution in [2.75, 3.05) is 5.32 Å². The van der Waals surface area contributed by atoms with Gasteiger partial charge in [-0.2, -0.15) is 0 Å². The van der Waals surface area contributed by atoms with Crippen LogP contribution in [0.4, 0.5) is 5.69 Å². The highest BCUT2D eigenvalue weighted by molar-refractivity contribution is 6.04. The third kappa shape index (κ3) is 3.73. The molecule has 2 rings (SSSR count). The van der Waals surface area contributed by atoms with Gasteiger partial charge in [-0.1, -0.05) is 29.8 Å². The number of carboxylic acid groups (broad SMARTS) is 1. The number of ketones is 1. The number of aromatic carboxylic acids is 1. The molecule has 0 radical (unpaired) electrons. The number of benzene rings is 2. The van der Waals surface area contributed by atoms with Crippen LogP contribution in [-0.2, 0) is 0 Å². The van der Waals surface area contributed by atoms with E-state index in [-0.39, 0.29) is 17.1 Å². The number of allylic oxidation sites excluding steroid dienone is 1. The summed E-state index contributed by atoms with van der Waals surface area (Å²) in [5, 5.41) is 21.2. The standard InChI is InChI=1S/C17H15NO4/c1-11-2-4-12(5-3-11)15(19)8-9-18-13-6-7-14(17(21)22)16(20)10-13/h2-10,18,20H,1H3,(H,21,22)/b9-8+. The summed E-state index contributed by atoms with van der Waals surface area (Å²) in [6, 6.07) is 11.3. The van der Waals surface area contributed by atoms with E-state index in [0.717, 1.165) is 5.56 Å². The molecular weight excluding hydrogens is 282 g/mol. The Morgan fingerprint density at radius 3 is 2.36 bits per heavy atom. The molecule has 0 aromatic heterocycles. The molecule has 2 aromatic carbocycles. The summed E-state index contributed by atoms with van der Waals surface area (Å²) in [5.74, 6) is -1.69. The number of aromatic hydroxyl groups is 1. The van der Waals surface area contributed by atoms with E-state index in [1.807, 2.05) is 19.1 Å². The molecule has 0 heterocycles. The molecule has 0 aliphatic rings. The number of carboxylic acids is 1.